The highest BCUT2D eigenvalue weighted by atomic mass is 19.3. The van der Waals surface area contributed by atoms with Gasteiger partial charge in [0.2, 0.25) is 5.89 Å². The van der Waals surface area contributed by atoms with Gasteiger partial charge in [-0.05, 0) is 18.2 Å². The van der Waals surface area contributed by atoms with Crippen LogP contribution in [0.5, 0.6) is 0 Å². The minimum Gasteiger partial charge on any atom is -0.408 e. The summed E-state index contributed by atoms with van der Waals surface area (Å²) in [5.74, 6) is 0.451. The van der Waals surface area contributed by atoms with Gasteiger partial charge in [0.15, 0.2) is 0 Å². The van der Waals surface area contributed by atoms with Gasteiger partial charge in [-0.15, -0.1) is 5.10 Å². The average Bonchev–Trinajstić information content (AvgIpc) is 3.38. The van der Waals surface area contributed by atoms with Gasteiger partial charge < -0.3 is 14.3 Å². The van der Waals surface area contributed by atoms with E-state index in [0.717, 1.165) is 17.8 Å². The molecule has 4 aromatic rings. The fourth-order valence-corrected chi connectivity index (χ4v) is 3.56. The van der Waals surface area contributed by atoms with Crippen LogP contribution in [0.3, 0.4) is 0 Å². The van der Waals surface area contributed by atoms with Crippen LogP contribution in [0.25, 0.3) is 5.52 Å². The van der Waals surface area contributed by atoms with E-state index < -0.39 is 12.5 Å². The Labute approximate surface area is 151 Å². The third-order valence-electron chi connectivity index (χ3n) is 4.75. The van der Waals surface area contributed by atoms with Crippen LogP contribution in [-0.4, -0.2) is 36.3 Å². The van der Waals surface area contributed by atoms with Crippen molar-refractivity contribution in [3.63, 3.8) is 0 Å². The predicted molar refractivity (Wildman–Crippen MR) is 90.7 cm³/mol. The van der Waals surface area contributed by atoms with Crippen LogP contribution >= 0.6 is 0 Å². The van der Waals surface area contributed by atoms with E-state index >= 15 is 0 Å². The number of hydrogen-bond donors (Lipinski definition) is 1. The van der Waals surface area contributed by atoms with Crippen LogP contribution in [0.4, 0.5) is 14.8 Å². The number of hydrogen-bond acceptors (Lipinski definition) is 6. The molecule has 1 atom stereocenters. The molecule has 0 saturated carbocycles. The molecule has 0 fully saturated rings. The third-order valence-corrected chi connectivity index (χ3v) is 4.75. The monoisotopic (exact) mass is 371 g/mol. The quantitative estimate of drug-likeness (QED) is 0.596. The molecule has 0 radical (unpaired) electrons. The van der Waals surface area contributed by atoms with E-state index in [1.807, 2.05) is 4.90 Å². The van der Waals surface area contributed by atoms with Gasteiger partial charge in [0.25, 0.3) is 6.43 Å². The van der Waals surface area contributed by atoms with E-state index in [1.165, 1.54) is 10.6 Å². The molecule has 1 aliphatic heterocycles. The molecule has 5 rings (SSSR count). The number of imidazole rings is 1. The Morgan fingerprint density at radius 2 is 2.22 bits per heavy atom. The number of pyridine rings is 1. The molecule has 10 heteroatoms. The van der Waals surface area contributed by atoms with Crippen molar-refractivity contribution in [3.05, 3.63) is 59.3 Å². The van der Waals surface area contributed by atoms with Crippen molar-refractivity contribution in [2.75, 3.05) is 11.4 Å². The maximum Gasteiger partial charge on any atom is 0.319 e. The molecule has 0 saturated heterocycles. The number of rotatable bonds is 3. The van der Waals surface area contributed by atoms with Crippen molar-refractivity contribution < 1.29 is 13.2 Å². The lowest BCUT2D eigenvalue weighted by Crippen LogP contribution is -2.36. The second-order valence-electron chi connectivity index (χ2n) is 6.38. The van der Waals surface area contributed by atoms with Gasteiger partial charge in [-0.2, -0.15) is 5.10 Å². The maximum absolute atomic E-state index is 13.4. The lowest BCUT2D eigenvalue weighted by Gasteiger charge is -2.32. The van der Waals surface area contributed by atoms with Crippen LogP contribution < -0.4 is 4.90 Å². The first-order valence-electron chi connectivity index (χ1n) is 8.47. The third kappa shape index (κ3) is 2.47. The molecule has 0 spiro atoms. The Morgan fingerprint density at radius 1 is 1.33 bits per heavy atom. The summed E-state index contributed by atoms with van der Waals surface area (Å²) in [7, 11) is 0. The lowest BCUT2D eigenvalue weighted by molar-refractivity contribution is 0.152. The van der Waals surface area contributed by atoms with Gasteiger partial charge in [-0.25, -0.2) is 18.3 Å². The predicted octanol–water partition coefficient (Wildman–Crippen LogP) is 2.84. The number of nitrogens with one attached hydrogen (secondary N) is 1. The first-order chi connectivity index (χ1) is 13.1. The van der Waals surface area contributed by atoms with E-state index in [1.54, 1.807) is 31.6 Å². The molecule has 0 bridgehead atoms. The molecule has 8 nitrogen and oxygen atoms in total. The highest BCUT2D eigenvalue weighted by Crippen LogP contribution is 2.37. The Kier molecular flexibility index (Phi) is 3.46. The molecule has 138 valence electrons. The van der Waals surface area contributed by atoms with E-state index in [-0.39, 0.29) is 5.56 Å². The van der Waals surface area contributed by atoms with Gasteiger partial charge in [0.05, 0.1) is 23.2 Å². The summed E-state index contributed by atoms with van der Waals surface area (Å²) in [4.78, 5) is 9.49. The minimum absolute atomic E-state index is 0.0607. The lowest BCUT2D eigenvalue weighted by atomic mass is 10.00. The molecule has 5 heterocycles. The summed E-state index contributed by atoms with van der Waals surface area (Å²) in [6.07, 6.45) is 1.42. The van der Waals surface area contributed by atoms with Gasteiger partial charge in [-0.1, -0.05) is 5.10 Å². The zero-order valence-electron chi connectivity index (χ0n) is 14.3. The number of H-pyrrole nitrogens is 1. The zero-order valence-corrected chi connectivity index (χ0v) is 14.3. The van der Waals surface area contributed by atoms with Crippen molar-refractivity contribution in [2.45, 2.75) is 25.8 Å². The number of aromatic nitrogens is 6. The van der Waals surface area contributed by atoms with Crippen molar-refractivity contribution in [1.29, 1.82) is 0 Å². The van der Waals surface area contributed by atoms with Crippen molar-refractivity contribution in [3.8, 4) is 0 Å². The Bertz CT molecular complexity index is 1120. The molecule has 27 heavy (non-hydrogen) atoms. The molecular weight excluding hydrogens is 356 g/mol. The number of aryl methyl sites for hydroxylation is 1. The second-order valence-corrected chi connectivity index (χ2v) is 6.38. The summed E-state index contributed by atoms with van der Waals surface area (Å²) in [5, 5.41) is 12.6. The van der Waals surface area contributed by atoms with Crippen molar-refractivity contribution in [2.24, 2.45) is 0 Å². The molecule has 0 amide bonds. The van der Waals surface area contributed by atoms with Crippen molar-refractivity contribution >= 4 is 11.5 Å². The standard InChI is InChI=1S/C17H15F2N7O/c1-9-22-23-17(27-9)25-6-4-11-14(21-8-20-11)15(25)12-7-13-10(16(18)19)3-2-5-26(13)24-12/h2-3,5,7-8,15-16H,4,6H2,1H3,(H,20,21)/t15-/m1/s1. The molecule has 1 N–H and O–H groups in total. The van der Waals surface area contributed by atoms with Crippen molar-refractivity contribution in [1.82, 2.24) is 29.8 Å². The van der Waals surface area contributed by atoms with E-state index in [2.05, 4.69) is 25.3 Å². The number of nitrogens with zero attached hydrogens (tertiary/aromatic N) is 6. The van der Waals surface area contributed by atoms with Crippen LogP contribution in [0.15, 0.2) is 35.1 Å². The van der Waals surface area contributed by atoms with Crippen LogP contribution in [0, 0.1) is 6.92 Å². The van der Waals surface area contributed by atoms with E-state index in [9.17, 15) is 8.78 Å². The van der Waals surface area contributed by atoms with E-state index in [0.29, 0.717) is 29.7 Å². The summed E-state index contributed by atoms with van der Waals surface area (Å²) >= 11 is 0. The highest BCUT2D eigenvalue weighted by Gasteiger charge is 2.36. The molecule has 0 aromatic carbocycles. The van der Waals surface area contributed by atoms with Crippen LogP contribution in [0.1, 0.15) is 41.0 Å². The number of anilines is 1. The normalized spacial score (nSPS) is 17.0. The number of fused-ring (bicyclic) bond motifs is 2. The summed E-state index contributed by atoms with van der Waals surface area (Å²) < 4.78 is 33.8. The first kappa shape index (κ1) is 15.9. The summed E-state index contributed by atoms with van der Waals surface area (Å²) in [6, 6.07) is 4.59. The Morgan fingerprint density at radius 3 is 3.00 bits per heavy atom. The number of aromatic amines is 1. The molecular formula is C17H15F2N7O. The Balaban J connectivity index is 1.68. The fraction of sp³-hybridized carbons (Fsp3) is 0.294. The SMILES string of the molecule is Cc1nnc(N2CCc3[nH]cnc3[C@H]2c2cc3c(C(F)F)cccn3n2)o1. The maximum atomic E-state index is 13.4. The summed E-state index contributed by atoms with van der Waals surface area (Å²) in [6.45, 7) is 2.33. The summed E-state index contributed by atoms with van der Waals surface area (Å²) in [5.41, 5.74) is 2.66. The van der Waals surface area contributed by atoms with Crippen LogP contribution in [0.2, 0.25) is 0 Å². The second kappa shape index (κ2) is 5.86. The van der Waals surface area contributed by atoms with Gasteiger partial charge in [0, 0.05) is 37.3 Å². The van der Waals surface area contributed by atoms with E-state index in [4.69, 9.17) is 4.42 Å². The molecule has 0 aliphatic carbocycles. The topological polar surface area (TPSA) is 88.1 Å². The number of halogens is 2. The first-order valence-corrected chi connectivity index (χ1v) is 8.47. The average molecular weight is 371 g/mol. The molecule has 4 aromatic heterocycles. The smallest absolute Gasteiger partial charge is 0.319 e. The molecule has 0 unspecified atom stereocenters. The van der Waals surface area contributed by atoms with Crippen LogP contribution in [-0.2, 0) is 6.42 Å². The zero-order chi connectivity index (χ0) is 18.5. The van der Waals surface area contributed by atoms with Gasteiger partial charge in [0.1, 0.15) is 6.04 Å². The highest BCUT2D eigenvalue weighted by molar-refractivity contribution is 5.58. The number of alkyl halides is 2. The largest absolute Gasteiger partial charge is 0.408 e. The molecule has 1 aliphatic rings. The van der Waals surface area contributed by atoms with Gasteiger partial charge in [-0.3, -0.25) is 0 Å². The Hall–Kier alpha value is -3.30. The fourth-order valence-electron chi connectivity index (χ4n) is 3.56. The van der Waals surface area contributed by atoms with Gasteiger partial charge >= 0.3 is 6.01 Å². The minimum atomic E-state index is -2.58.